The van der Waals surface area contributed by atoms with E-state index in [1.165, 1.54) is 16.6 Å². The Kier molecular flexibility index (Phi) is 7.83. The first-order chi connectivity index (χ1) is 14.1. The minimum atomic E-state index is -0.420. The van der Waals surface area contributed by atoms with E-state index in [4.69, 9.17) is 5.73 Å². The van der Waals surface area contributed by atoms with E-state index >= 15 is 0 Å². The zero-order valence-corrected chi connectivity index (χ0v) is 17.6. The van der Waals surface area contributed by atoms with Crippen LogP contribution in [0.5, 0.6) is 0 Å². The zero-order chi connectivity index (χ0) is 20.5. The van der Waals surface area contributed by atoms with Gasteiger partial charge < -0.3 is 15.2 Å². The van der Waals surface area contributed by atoms with Crippen LogP contribution < -0.4 is 5.73 Å². The molecule has 1 aromatic carbocycles. The molecular formula is C20H23N5O2S2. The van der Waals surface area contributed by atoms with Gasteiger partial charge in [-0.25, -0.2) is 0 Å². The van der Waals surface area contributed by atoms with Gasteiger partial charge in [-0.05, 0) is 23.4 Å². The van der Waals surface area contributed by atoms with E-state index in [-0.39, 0.29) is 18.1 Å². The first-order valence-corrected chi connectivity index (χ1v) is 11.1. The molecular weight excluding hydrogens is 406 g/mol. The van der Waals surface area contributed by atoms with Crippen molar-refractivity contribution in [1.82, 2.24) is 19.7 Å². The Hall–Kier alpha value is -2.65. The van der Waals surface area contributed by atoms with E-state index in [1.807, 2.05) is 41.0 Å². The van der Waals surface area contributed by atoms with Crippen LogP contribution >= 0.6 is 23.1 Å². The molecule has 3 rings (SSSR count). The molecule has 0 spiro atoms. The predicted octanol–water partition coefficient (Wildman–Crippen LogP) is 2.58. The van der Waals surface area contributed by atoms with Crippen molar-refractivity contribution in [1.29, 1.82) is 0 Å². The summed E-state index contributed by atoms with van der Waals surface area (Å²) in [5.41, 5.74) is 6.28. The van der Waals surface area contributed by atoms with Crippen LogP contribution in [0.2, 0.25) is 0 Å². The average Bonchev–Trinajstić information content (AvgIpc) is 3.40. The van der Waals surface area contributed by atoms with Crippen LogP contribution in [0.4, 0.5) is 0 Å². The van der Waals surface area contributed by atoms with Crippen molar-refractivity contribution >= 4 is 34.9 Å². The summed E-state index contributed by atoms with van der Waals surface area (Å²) in [5, 5.41) is 10.9. The van der Waals surface area contributed by atoms with Gasteiger partial charge in [0.2, 0.25) is 11.8 Å². The van der Waals surface area contributed by atoms with Crippen molar-refractivity contribution in [3.05, 3.63) is 64.6 Å². The van der Waals surface area contributed by atoms with Crippen LogP contribution in [0.25, 0.3) is 0 Å². The second-order valence-corrected chi connectivity index (χ2v) is 8.42. The summed E-state index contributed by atoms with van der Waals surface area (Å²) in [5.74, 6) is -0.256. The summed E-state index contributed by atoms with van der Waals surface area (Å²) < 4.78 is 1.96. The molecule has 9 heteroatoms. The molecule has 2 N–H and O–H groups in total. The molecule has 0 saturated carbocycles. The molecule has 2 aromatic heterocycles. The first-order valence-electron chi connectivity index (χ1n) is 9.25. The van der Waals surface area contributed by atoms with Gasteiger partial charge in [0.1, 0.15) is 6.33 Å². The number of hydrogen-bond acceptors (Lipinski definition) is 6. The third kappa shape index (κ3) is 6.72. The molecule has 0 saturated heterocycles. The minimum Gasteiger partial charge on any atom is -0.370 e. The molecule has 0 aliphatic carbocycles. The molecule has 152 valence electrons. The van der Waals surface area contributed by atoms with Gasteiger partial charge in [-0.1, -0.05) is 48.2 Å². The van der Waals surface area contributed by atoms with Crippen LogP contribution in [-0.4, -0.2) is 43.8 Å². The lowest BCUT2D eigenvalue weighted by atomic mass is 10.2. The smallest absolute Gasteiger partial charge is 0.233 e. The maximum absolute atomic E-state index is 12.8. The van der Waals surface area contributed by atoms with E-state index in [2.05, 4.69) is 21.6 Å². The number of benzene rings is 1. The van der Waals surface area contributed by atoms with Crippen molar-refractivity contribution < 1.29 is 9.59 Å². The molecule has 29 heavy (non-hydrogen) atoms. The largest absolute Gasteiger partial charge is 0.370 e. The number of aryl methyl sites for hydroxylation is 2. The number of thioether (sulfide) groups is 1. The molecule has 2 amide bonds. The number of carbonyl (C=O) groups is 2. The van der Waals surface area contributed by atoms with Crippen molar-refractivity contribution in [2.75, 3.05) is 12.3 Å². The van der Waals surface area contributed by atoms with Gasteiger partial charge in [0, 0.05) is 30.9 Å². The number of thiophene rings is 1. The number of nitrogens with two attached hydrogens (primary N) is 1. The van der Waals surface area contributed by atoms with Crippen molar-refractivity contribution in [2.45, 2.75) is 31.1 Å². The topological polar surface area (TPSA) is 94.1 Å². The van der Waals surface area contributed by atoms with E-state index in [0.29, 0.717) is 18.2 Å². The second kappa shape index (κ2) is 10.8. The average molecular weight is 430 g/mol. The number of aromatic nitrogens is 3. The molecule has 0 bridgehead atoms. The lowest BCUT2D eigenvalue weighted by molar-refractivity contribution is -0.129. The van der Waals surface area contributed by atoms with Crippen molar-refractivity contribution in [3.8, 4) is 0 Å². The summed E-state index contributed by atoms with van der Waals surface area (Å²) in [6.45, 7) is 1.51. The summed E-state index contributed by atoms with van der Waals surface area (Å²) >= 11 is 3.08. The minimum absolute atomic E-state index is 0.0621. The summed E-state index contributed by atoms with van der Waals surface area (Å²) in [4.78, 5) is 27.0. The number of rotatable bonds is 11. The van der Waals surface area contributed by atoms with Gasteiger partial charge in [0.25, 0.3) is 0 Å². The maximum atomic E-state index is 12.8. The van der Waals surface area contributed by atoms with Gasteiger partial charge in [-0.2, -0.15) is 0 Å². The molecule has 0 atom stereocenters. The van der Waals surface area contributed by atoms with E-state index in [1.54, 1.807) is 22.6 Å². The Morgan fingerprint density at radius 2 is 2.00 bits per heavy atom. The van der Waals surface area contributed by atoms with Crippen LogP contribution in [0.15, 0.2) is 59.3 Å². The number of primary amides is 1. The third-order valence-corrected chi connectivity index (χ3v) is 6.18. The molecule has 0 aliphatic heterocycles. The number of amides is 2. The molecule has 2 heterocycles. The second-order valence-electron chi connectivity index (χ2n) is 6.44. The Labute approximate surface area is 177 Å². The highest BCUT2D eigenvalue weighted by molar-refractivity contribution is 7.99. The van der Waals surface area contributed by atoms with Crippen LogP contribution in [0.1, 0.15) is 16.9 Å². The SMILES string of the molecule is NC(=O)CCN(Cc1ccccc1)C(=O)CSc1nncn1CCc1cccs1. The van der Waals surface area contributed by atoms with Gasteiger partial charge in [0.05, 0.1) is 5.75 Å². The number of carbonyl (C=O) groups excluding carboxylic acids is 2. The van der Waals surface area contributed by atoms with E-state index in [0.717, 1.165) is 18.5 Å². The van der Waals surface area contributed by atoms with E-state index < -0.39 is 5.91 Å². The Morgan fingerprint density at radius 3 is 2.72 bits per heavy atom. The molecule has 0 aliphatic rings. The highest BCUT2D eigenvalue weighted by atomic mass is 32.2. The fourth-order valence-electron chi connectivity index (χ4n) is 2.75. The first kappa shape index (κ1) is 21.1. The predicted molar refractivity (Wildman–Crippen MR) is 114 cm³/mol. The third-order valence-electron chi connectivity index (χ3n) is 4.28. The Morgan fingerprint density at radius 1 is 1.17 bits per heavy atom. The highest BCUT2D eigenvalue weighted by Gasteiger charge is 2.17. The normalized spacial score (nSPS) is 10.8. The Balaban J connectivity index is 1.57. The number of hydrogen-bond donors (Lipinski definition) is 1. The summed E-state index contributed by atoms with van der Waals surface area (Å²) in [7, 11) is 0. The standard InChI is InChI=1S/C20H23N5O2S2/c21-18(26)9-11-24(13-16-5-2-1-3-6-16)19(27)14-29-20-23-22-15-25(20)10-8-17-7-4-12-28-17/h1-7,12,15H,8-11,13-14H2,(H2,21,26). The maximum Gasteiger partial charge on any atom is 0.233 e. The fourth-order valence-corrected chi connectivity index (χ4v) is 4.30. The lowest BCUT2D eigenvalue weighted by Gasteiger charge is -2.22. The lowest BCUT2D eigenvalue weighted by Crippen LogP contribution is -2.34. The highest BCUT2D eigenvalue weighted by Crippen LogP contribution is 2.18. The van der Waals surface area contributed by atoms with Crippen molar-refractivity contribution in [2.24, 2.45) is 5.73 Å². The van der Waals surface area contributed by atoms with Crippen LogP contribution in [0.3, 0.4) is 0 Å². The van der Waals surface area contributed by atoms with Gasteiger partial charge >= 0.3 is 0 Å². The molecule has 0 unspecified atom stereocenters. The molecule has 3 aromatic rings. The summed E-state index contributed by atoms with van der Waals surface area (Å²) in [6, 6.07) is 13.8. The number of nitrogens with zero attached hydrogens (tertiary/aromatic N) is 4. The van der Waals surface area contributed by atoms with Gasteiger partial charge in [0.15, 0.2) is 5.16 Å². The zero-order valence-electron chi connectivity index (χ0n) is 15.9. The molecule has 7 nitrogen and oxygen atoms in total. The molecule has 0 radical (unpaired) electrons. The van der Waals surface area contributed by atoms with Gasteiger partial charge in [-0.15, -0.1) is 21.5 Å². The summed E-state index contributed by atoms with van der Waals surface area (Å²) in [6.07, 6.45) is 2.73. The van der Waals surface area contributed by atoms with Crippen LogP contribution in [0, 0.1) is 0 Å². The van der Waals surface area contributed by atoms with Gasteiger partial charge in [-0.3, -0.25) is 9.59 Å². The molecule has 0 fully saturated rings. The monoisotopic (exact) mass is 429 g/mol. The van der Waals surface area contributed by atoms with E-state index in [9.17, 15) is 9.59 Å². The quantitative estimate of drug-likeness (QED) is 0.473. The Bertz CT molecular complexity index is 912. The van der Waals surface area contributed by atoms with Crippen LogP contribution in [-0.2, 0) is 29.1 Å². The van der Waals surface area contributed by atoms with Crippen molar-refractivity contribution in [3.63, 3.8) is 0 Å². The fraction of sp³-hybridized carbons (Fsp3) is 0.300.